The Balaban J connectivity index is 0.894. The Morgan fingerprint density at radius 2 is 1.02 bits per heavy atom. The van der Waals surface area contributed by atoms with Crippen LogP contribution in [0.4, 0.5) is 11.4 Å². The third-order valence-electron chi connectivity index (χ3n) is 11.0. The molecule has 2 amide bonds. The largest absolute Gasteiger partial charge is 0.340 e. The highest BCUT2D eigenvalue weighted by molar-refractivity contribution is 7.99. The Morgan fingerprint density at radius 1 is 0.510 bits per heavy atom. The van der Waals surface area contributed by atoms with Gasteiger partial charge in [-0.25, -0.2) is 0 Å². The van der Waals surface area contributed by atoms with E-state index < -0.39 is 0 Å². The first-order chi connectivity index (χ1) is 25.1. The van der Waals surface area contributed by atoms with Crippen molar-refractivity contribution in [3.05, 3.63) is 166 Å². The van der Waals surface area contributed by atoms with E-state index in [0.717, 1.165) is 68.7 Å². The summed E-state index contributed by atoms with van der Waals surface area (Å²) in [6.45, 7) is 1.40. The maximum atomic E-state index is 13.5. The number of nitrogens with zero attached hydrogens (tertiary/aromatic N) is 2. The number of rotatable bonds is 8. The van der Waals surface area contributed by atoms with Crippen LogP contribution in [0, 0.1) is 0 Å². The van der Waals surface area contributed by atoms with E-state index in [9.17, 15) is 9.59 Å². The maximum Gasteiger partial charge on any atom is 0.261 e. The van der Waals surface area contributed by atoms with Gasteiger partial charge in [0.2, 0.25) is 0 Å². The van der Waals surface area contributed by atoms with Crippen LogP contribution in [0.3, 0.4) is 0 Å². The first kappa shape index (κ1) is 31.8. The molecule has 4 nitrogen and oxygen atoms in total. The molecule has 0 saturated carbocycles. The van der Waals surface area contributed by atoms with E-state index in [-0.39, 0.29) is 11.8 Å². The Bertz CT molecular complexity index is 2230. The summed E-state index contributed by atoms with van der Waals surface area (Å²) in [6.07, 6.45) is 7.69. The number of amides is 2. The van der Waals surface area contributed by atoms with Crippen LogP contribution >= 0.6 is 11.8 Å². The second-order valence-electron chi connectivity index (χ2n) is 14.1. The molecule has 6 aromatic rings. The summed E-state index contributed by atoms with van der Waals surface area (Å²) in [5.41, 5.74) is 12.3. The number of hydrogen-bond acceptors (Lipinski definition) is 4. The fourth-order valence-electron chi connectivity index (χ4n) is 8.34. The standard InChI is InChI=1S/C46H40N2O2S/c49-45-38-13-5-9-35-10-6-14-39(44(35)38)46(50)48(45)28-8-12-37-30-32-20-19-31-21-23-33(25-26-34(37)24-22-32)36(29-31)11-7-27-47-40-15-1-3-17-42(40)51-43-18-4-2-16-41(43)47/h1-6,9-10,13-18,21-24,29-30H,7-8,11-12,19-20,25-28H2. The van der Waals surface area contributed by atoms with Crippen molar-refractivity contribution in [3.63, 3.8) is 0 Å². The van der Waals surface area contributed by atoms with Crippen molar-refractivity contribution in [1.82, 2.24) is 4.90 Å². The van der Waals surface area contributed by atoms with E-state index in [2.05, 4.69) is 89.8 Å². The lowest BCUT2D eigenvalue weighted by Gasteiger charge is -2.32. The minimum atomic E-state index is -0.177. The van der Waals surface area contributed by atoms with Crippen LogP contribution in [0.1, 0.15) is 66.9 Å². The molecule has 0 N–H and O–H groups in total. The van der Waals surface area contributed by atoms with Crippen molar-refractivity contribution in [2.45, 2.75) is 61.2 Å². The SMILES string of the molecule is O=C1c2cccc3cccc(c23)C(=O)N1CCCc1cc2ccc1CCc1ccc(cc1CCCN1c3ccccc3Sc3ccccc31)CC2. The third kappa shape index (κ3) is 6.04. The lowest BCUT2D eigenvalue weighted by Crippen LogP contribution is -2.41. The molecule has 2 heterocycles. The number of imide groups is 1. The van der Waals surface area contributed by atoms with Crippen LogP contribution in [-0.4, -0.2) is 29.8 Å². The average molecular weight is 685 g/mol. The summed E-state index contributed by atoms with van der Waals surface area (Å²) >= 11 is 1.87. The molecule has 0 radical (unpaired) electrons. The van der Waals surface area contributed by atoms with Gasteiger partial charge in [0.1, 0.15) is 0 Å². The minimum absolute atomic E-state index is 0.177. The van der Waals surface area contributed by atoms with Crippen LogP contribution in [0.15, 0.2) is 131 Å². The van der Waals surface area contributed by atoms with E-state index in [1.807, 2.05) is 48.2 Å². The molecule has 0 fully saturated rings. The highest BCUT2D eigenvalue weighted by atomic mass is 32.2. The van der Waals surface area contributed by atoms with E-state index >= 15 is 0 Å². The molecule has 0 saturated heterocycles. The Kier molecular flexibility index (Phi) is 8.45. The Labute approximate surface area is 304 Å². The third-order valence-corrected chi connectivity index (χ3v) is 12.1. The van der Waals surface area contributed by atoms with Crippen molar-refractivity contribution in [3.8, 4) is 0 Å². The summed E-state index contributed by atoms with van der Waals surface area (Å²) in [4.78, 5) is 33.6. The predicted molar refractivity (Wildman–Crippen MR) is 208 cm³/mol. The Hall–Kier alpha value is -5.13. The number of benzene rings is 6. The van der Waals surface area contributed by atoms with Crippen molar-refractivity contribution in [2.75, 3.05) is 18.0 Å². The van der Waals surface area contributed by atoms with E-state index in [1.165, 1.54) is 59.4 Å². The molecule has 0 spiro atoms. The van der Waals surface area contributed by atoms with Gasteiger partial charge in [-0.05, 0) is 127 Å². The molecule has 252 valence electrons. The average Bonchev–Trinajstić information content (AvgIpc) is 3.16. The van der Waals surface area contributed by atoms with Crippen molar-refractivity contribution in [2.24, 2.45) is 0 Å². The lowest BCUT2D eigenvalue weighted by molar-refractivity contribution is 0.0609. The minimum Gasteiger partial charge on any atom is -0.340 e. The summed E-state index contributed by atoms with van der Waals surface area (Å²) < 4.78 is 0. The van der Waals surface area contributed by atoms with Gasteiger partial charge in [0.25, 0.3) is 11.8 Å². The molecule has 51 heavy (non-hydrogen) atoms. The van der Waals surface area contributed by atoms with E-state index in [4.69, 9.17) is 0 Å². The zero-order valence-corrected chi connectivity index (χ0v) is 29.6. The topological polar surface area (TPSA) is 40.6 Å². The molecule has 6 aliphatic rings. The lowest BCUT2D eigenvalue weighted by atomic mass is 9.89. The first-order valence-electron chi connectivity index (χ1n) is 18.3. The molecule has 0 aromatic heterocycles. The second kappa shape index (κ2) is 13.5. The quantitative estimate of drug-likeness (QED) is 0.150. The number of carbonyl (C=O) groups excluding carboxylic acids is 2. The van der Waals surface area contributed by atoms with Gasteiger partial charge in [0.15, 0.2) is 0 Å². The van der Waals surface area contributed by atoms with Gasteiger partial charge in [-0.1, -0.05) is 96.7 Å². The number of anilines is 2. The van der Waals surface area contributed by atoms with Gasteiger partial charge in [0.05, 0.1) is 11.4 Å². The van der Waals surface area contributed by atoms with Crippen LogP contribution in [-0.2, 0) is 38.5 Å². The number of aryl methyl sites for hydroxylation is 6. The Morgan fingerprint density at radius 3 is 1.57 bits per heavy atom. The van der Waals surface area contributed by atoms with Crippen molar-refractivity contribution >= 4 is 45.7 Å². The number of hydrogen-bond donors (Lipinski definition) is 0. The van der Waals surface area contributed by atoms with Crippen LogP contribution in [0.5, 0.6) is 0 Å². The molecular weight excluding hydrogens is 645 g/mol. The summed E-state index contributed by atoms with van der Waals surface area (Å²) in [5.74, 6) is -0.355. The highest BCUT2D eigenvalue weighted by Crippen LogP contribution is 2.48. The van der Waals surface area contributed by atoms with Gasteiger partial charge in [-0.15, -0.1) is 0 Å². The van der Waals surface area contributed by atoms with Crippen molar-refractivity contribution < 1.29 is 9.59 Å². The molecule has 0 unspecified atom stereocenters. The molecule has 5 heteroatoms. The second-order valence-corrected chi connectivity index (χ2v) is 15.2. The summed E-state index contributed by atoms with van der Waals surface area (Å²) in [7, 11) is 0. The normalized spacial score (nSPS) is 14.7. The maximum absolute atomic E-state index is 13.5. The van der Waals surface area contributed by atoms with Gasteiger partial charge >= 0.3 is 0 Å². The number of para-hydroxylation sites is 2. The predicted octanol–water partition coefficient (Wildman–Crippen LogP) is 10.2. The number of carbonyl (C=O) groups is 2. The zero-order valence-electron chi connectivity index (χ0n) is 28.7. The fraction of sp³-hybridized carbons (Fsp3) is 0.217. The van der Waals surface area contributed by atoms with Crippen LogP contribution < -0.4 is 4.90 Å². The van der Waals surface area contributed by atoms with Crippen molar-refractivity contribution in [1.29, 1.82) is 0 Å². The van der Waals surface area contributed by atoms with Crippen LogP contribution in [0.2, 0.25) is 0 Å². The number of fused-ring (bicyclic) bond motifs is 2. The fourth-order valence-corrected chi connectivity index (χ4v) is 9.44. The first-order valence-corrected chi connectivity index (χ1v) is 19.1. The smallest absolute Gasteiger partial charge is 0.261 e. The summed E-state index contributed by atoms with van der Waals surface area (Å²) in [5, 5.41) is 1.73. The van der Waals surface area contributed by atoms with E-state index in [0.29, 0.717) is 17.7 Å². The molecule has 2 aliphatic heterocycles. The van der Waals surface area contributed by atoms with Gasteiger partial charge in [-0.3, -0.25) is 14.5 Å². The molecule has 4 bridgehead atoms. The molecule has 4 aliphatic carbocycles. The monoisotopic (exact) mass is 684 g/mol. The zero-order chi connectivity index (χ0) is 34.3. The summed E-state index contributed by atoms with van der Waals surface area (Å²) in [6, 6.07) is 43.2. The van der Waals surface area contributed by atoms with E-state index in [1.54, 1.807) is 0 Å². The van der Waals surface area contributed by atoms with Gasteiger partial charge in [0, 0.05) is 39.4 Å². The molecule has 12 rings (SSSR count). The molecular formula is C46H40N2O2S. The van der Waals surface area contributed by atoms with Crippen LogP contribution in [0.25, 0.3) is 10.8 Å². The molecule has 6 aromatic carbocycles. The van der Waals surface area contributed by atoms with Gasteiger partial charge in [-0.2, -0.15) is 0 Å². The van der Waals surface area contributed by atoms with Gasteiger partial charge < -0.3 is 4.90 Å². The highest BCUT2D eigenvalue weighted by Gasteiger charge is 2.32. The molecule has 0 atom stereocenters.